The van der Waals surface area contributed by atoms with Gasteiger partial charge in [-0.2, -0.15) is 0 Å². The fourth-order valence-electron chi connectivity index (χ4n) is 1.06. The van der Waals surface area contributed by atoms with Crippen LogP contribution in [-0.4, -0.2) is 31.0 Å². The lowest BCUT2D eigenvalue weighted by Crippen LogP contribution is -2.15. The zero-order valence-electron chi connectivity index (χ0n) is 8.54. The highest BCUT2D eigenvalue weighted by molar-refractivity contribution is 5.95. The highest BCUT2D eigenvalue weighted by atomic mass is 19.3. The van der Waals surface area contributed by atoms with E-state index in [-0.39, 0.29) is 17.1 Å². The van der Waals surface area contributed by atoms with Crippen LogP contribution in [0.4, 0.5) is 20.3 Å². The summed E-state index contributed by atoms with van der Waals surface area (Å²) < 4.78 is 28.4. The number of nitrogen functional groups attached to an aromatic ring is 1. The molecule has 0 amide bonds. The first-order valence-corrected chi connectivity index (χ1v) is 4.40. The Hall–Kier alpha value is -1.92. The van der Waals surface area contributed by atoms with Gasteiger partial charge in [0, 0.05) is 0 Å². The first-order chi connectivity index (χ1) is 7.54. The van der Waals surface area contributed by atoms with Gasteiger partial charge in [-0.15, -0.1) is 0 Å². The van der Waals surface area contributed by atoms with Crippen molar-refractivity contribution in [3.8, 4) is 0 Å². The highest BCUT2D eigenvalue weighted by Crippen LogP contribution is 2.16. The zero-order valence-corrected chi connectivity index (χ0v) is 8.54. The van der Waals surface area contributed by atoms with Gasteiger partial charge in [-0.05, 0) is 6.07 Å². The van der Waals surface area contributed by atoms with E-state index in [0.29, 0.717) is 0 Å². The largest absolute Gasteiger partial charge is 0.465 e. The molecule has 0 saturated heterocycles. The van der Waals surface area contributed by atoms with E-state index in [2.05, 4.69) is 15.0 Å². The summed E-state index contributed by atoms with van der Waals surface area (Å²) in [6.07, 6.45) is -1.27. The Kier molecular flexibility index (Phi) is 3.98. The minimum Gasteiger partial charge on any atom is -0.465 e. The number of methoxy groups -OCH3 is 1. The molecule has 0 aliphatic rings. The summed E-state index contributed by atoms with van der Waals surface area (Å²) in [5, 5.41) is 2.34. The Labute approximate surface area is 90.6 Å². The molecule has 0 bridgehead atoms. The molecule has 0 atom stereocenters. The highest BCUT2D eigenvalue weighted by Gasteiger charge is 2.14. The third kappa shape index (κ3) is 3.04. The van der Waals surface area contributed by atoms with E-state index in [4.69, 9.17) is 5.73 Å². The van der Waals surface area contributed by atoms with Crippen LogP contribution in [0.5, 0.6) is 0 Å². The lowest BCUT2D eigenvalue weighted by atomic mass is 10.2. The monoisotopic (exact) mass is 231 g/mol. The lowest BCUT2D eigenvalue weighted by molar-refractivity contribution is 0.0601. The number of halogens is 2. The van der Waals surface area contributed by atoms with Crippen LogP contribution in [0.25, 0.3) is 0 Å². The van der Waals surface area contributed by atoms with Gasteiger partial charge < -0.3 is 15.8 Å². The normalized spacial score (nSPS) is 10.2. The van der Waals surface area contributed by atoms with E-state index in [1.54, 1.807) is 0 Å². The molecule has 0 unspecified atom stereocenters. The number of aromatic nitrogens is 1. The average molecular weight is 231 g/mol. The van der Waals surface area contributed by atoms with Gasteiger partial charge in [-0.25, -0.2) is 18.6 Å². The second-order valence-corrected chi connectivity index (χ2v) is 2.93. The van der Waals surface area contributed by atoms with E-state index in [1.165, 1.54) is 19.4 Å². The van der Waals surface area contributed by atoms with Gasteiger partial charge in [0.1, 0.15) is 11.4 Å². The number of nitrogens with one attached hydrogen (secondary N) is 1. The van der Waals surface area contributed by atoms with Crippen LogP contribution in [0.3, 0.4) is 0 Å². The maximum absolute atomic E-state index is 12.0. The van der Waals surface area contributed by atoms with Crippen molar-refractivity contribution in [2.45, 2.75) is 6.43 Å². The molecule has 1 rings (SSSR count). The molecule has 88 valence electrons. The first-order valence-electron chi connectivity index (χ1n) is 4.40. The van der Waals surface area contributed by atoms with Crippen LogP contribution >= 0.6 is 0 Å². The quantitative estimate of drug-likeness (QED) is 0.759. The van der Waals surface area contributed by atoms with Gasteiger partial charge in [0.2, 0.25) is 0 Å². The van der Waals surface area contributed by atoms with Gasteiger partial charge in [0.05, 0.1) is 25.5 Å². The molecule has 16 heavy (non-hydrogen) atoms. The molecule has 0 aromatic carbocycles. The number of carbonyl (C=O) groups excluding carboxylic acids is 1. The molecule has 0 fully saturated rings. The fraction of sp³-hybridized carbons (Fsp3) is 0.333. The van der Waals surface area contributed by atoms with Gasteiger partial charge in [-0.1, -0.05) is 0 Å². The van der Waals surface area contributed by atoms with Gasteiger partial charge in [0.25, 0.3) is 6.43 Å². The van der Waals surface area contributed by atoms with Crippen molar-refractivity contribution in [1.82, 2.24) is 4.98 Å². The molecule has 0 aliphatic heterocycles. The van der Waals surface area contributed by atoms with E-state index >= 15 is 0 Å². The smallest absolute Gasteiger partial charge is 0.341 e. The Morgan fingerprint density at radius 2 is 2.38 bits per heavy atom. The molecule has 1 aromatic heterocycles. The summed E-state index contributed by atoms with van der Waals surface area (Å²) >= 11 is 0. The lowest BCUT2D eigenvalue weighted by Gasteiger charge is -2.09. The predicted octanol–water partition coefficient (Wildman–Crippen LogP) is 1.13. The average Bonchev–Trinajstić information content (AvgIpc) is 2.26. The fourth-order valence-corrected chi connectivity index (χ4v) is 1.06. The van der Waals surface area contributed by atoms with Crippen molar-refractivity contribution in [2.24, 2.45) is 0 Å². The third-order valence-corrected chi connectivity index (χ3v) is 1.74. The summed E-state index contributed by atoms with van der Waals surface area (Å²) in [7, 11) is 1.18. The summed E-state index contributed by atoms with van der Waals surface area (Å²) in [6.45, 7) is -0.596. The van der Waals surface area contributed by atoms with Crippen LogP contribution in [0.1, 0.15) is 10.4 Å². The summed E-state index contributed by atoms with van der Waals surface area (Å²) in [4.78, 5) is 15.0. The molecular formula is C9H11F2N3O2. The SMILES string of the molecule is COC(=O)c1cc(N)cnc1NCC(F)F. The summed E-state index contributed by atoms with van der Waals surface area (Å²) in [5.41, 5.74) is 5.71. The van der Waals surface area contributed by atoms with Crippen molar-refractivity contribution in [1.29, 1.82) is 0 Å². The van der Waals surface area contributed by atoms with Crippen LogP contribution in [0.15, 0.2) is 12.3 Å². The van der Waals surface area contributed by atoms with E-state index in [0.717, 1.165) is 0 Å². The molecule has 1 heterocycles. The number of nitrogens with two attached hydrogens (primary N) is 1. The molecule has 7 heteroatoms. The summed E-state index contributed by atoms with van der Waals surface area (Å²) in [5.74, 6) is -0.655. The number of anilines is 2. The number of esters is 1. The molecule has 1 aromatic rings. The maximum Gasteiger partial charge on any atom is 0.341 e. The molecule has 0 radical (unpaired) electrons. The van der Waals surface area contributed by atoms with Crippen LogP contribution in [0, 0.1) is 0 Å². The number of ether oxygens (including phenoxy) is 1. The molecule has 0 aliphatic carbocycles. The first kappa shape index (κ1) is 12.2. The molecule has 0 saturated carbocycles. The Bertz CT molecular complexity index is 385. The molecule has 5 nitrogen and oxygen atoms in total. The topological polar surface area (TPSA) is 77.2 Å². The summed E-state index contributed by atoms with van der Waals surface area (Å²) in [6, 6.07) is 1.31. The molecule has 0 spiro atoms. The Morgan fingerprint density at radius 3 is 2.94 bits per heavy atom. The Balaban J connectivity index is 2.93. The number of hydrogen-bond acceptors (Lipinski definition) is 5. The van der Waals surface area contributed by atoms with Crippen molar-refractivity contribution >= 4 is 17.5 Å². The van der Waals surface area contributed by atoms with Crippen LogP contribution in [0.2, 0.25) is 0 Å². The van der Waals surface area contributed by atoms with Gasteiger partial charge >= 0.3 is 5.97 Å². The van der Waals surface area contributed by atoms with Crippen LogP contribution < -0.4 is 11.1 Å². The number of nitrogens with zero attached hydrogens (tertiary/aromatic N) is 1. The minimum absolute atomic E-state index is 0.0290. The van der Waals surface area contributed by atoms with Crippen molar-refractivity contribution < 1.29 is 18.3 Å². The van der Waals surface area contributed by atoms with Crippen molar-refractivity contribution in [2.75, 3.05) is 24.7 Å². The van der Waals surface area contributed by atoms with Crippen molar-refractivity contribution in [3.63, 3.8) is 0 Å². The van der Waals surface area contributed by atoms with E-state index in [9.17, 15) is 13.6 Å². The van der Waals surface area contributed by atoms with Crippen molar-refractivity contribution in [3.05, 3.63) is 17.8 Å². The maximum atomic E-state index is 12.0. The number of rotatable bonds is 4. The third-order valence-electron chi connectivity index (χ3n) is 1.74. The second kappa shape index (κ2) is 5.24. The van der Waals surface area contributed by atoms with E-state index in [1.807, 2.05) is 0 Å². The number of pyridine rings is 1. The Morgan fingerprint density at radius 1 is 1.69 bits per heavy atom. The van der Waals surface area contributed by atoms with Gasteiger partial charge in [0.15, 0.2) is 0 Å². The standard InChI is InChI=1S/C9H11F2N3O2/c1-16-9(15)6-2-5(12)3-13-8(6)14-4-7(10)11/h2-3,7H,4,12H2,1H3,(H,13,14). The zero-order chi connectivity index (χ0) is 12.1. The number of alkyl halides is 2. The second-order valence-electron chi connectivity index (χ2n) is 2.93. The van der Waals surface area contributed by atoms with E-state index < -0.39 is 18.9 Å². The molecular weight excluding hydrogens is 220 g/mol. The number of carbonyl (C=O) groups is 1. The molecule has 3 N–H and O–H groups in total. The van der Waals surface area contributed by atoms with Gasteiger partial charge in [-0.3, -0.25) is 0 Å². The minimum atomic E-state index is -2.54. The van der Waals surface area contributed by atoms with Crippen LogP contribution in [-0.2, 0) is 4.74 Å². The predicted molar refractivity (Wildman–Crippen MR) is 54.5 cm³/mol. The number of hydrogen-bond donors (Lipinski definition) is 2.